The molecule has 23 heavy (non-hydrogen) atoms. The number of ether oxygens (including phenoxy) is 1. The number of methoxy groups -OCH3 is 1. The minimum absolute atomic E-state index is 0.0997. The number of carbonyl (C=O) groups is 2. The van der Waals surface area contributed by atoms with E-state index in [9.17, 15) is 9.59 Å². The van der Waals surface area contributed by atoms with Gasteiger partial charge in [0, 0.05) is 54.7 Å². The monoisotopic (exact) mass is 358 g/mol. The van der Waals surface area contributed by atoms with E-state index in [4.69, 9.17) is 27.9 Å². The molecule has 1 saturated heterocycles. The Labute approximate surface area is 145 Å². The molecule has 126 valence electrons. The smallest absolute Gasteiger partial charge is 0.251 e. The molecule has 1 aromatic rings. The topological polar surface area (TPSA) is 58.6 Å². The number of nitrogens with one attached hydrogen (secondary N) is 1. The third kappa shape index (κ3) is 4.59. The maximum atomic E-state index is 12.2. The standard InChI is InChI=1S/C16H20Cl2N2O3/c1-10-13(17)6-12(7-14(10)18)16(22)19-8-11-5-15(21)20(9-11)3-4-23-2/h6-7,11H,3-5,8-9H2,1-2H3,(H,19,22)/t11-/m0/s1. The predicted octanol–water partition coefficient (Wildman–Crippen LogP) is 2.53. The first-order valence-electron chi connectivity index (χ1n) is 7.43. The SMILES string of the molecule is COCCN1C[C@H](CNC(=O)c2cc(Cl)c(C)c(Cl)c2)CC1=O. The Balaban J connectivity index is 1.89. The number of hydrogen-bond donors (Lipinski definition) is 1. The number of halogens is 2. The van der Waals surface area contributed by atoms with Gasteiger partial charge in [-0.25, -0.2) is 0 Å². The van der Waals surface area contributed by atoms with Crippen LogP contribution >= 0.6 is 23.2 Å². The van der Waals surface area contributed by atoms with Crippen molar-refractivity contribution in [2.45, 2.75) is 13.3 Å². The third-order valence-electron chi connectivity index (χ3n) is 3.95. The lowest BCUT2D eigenvalue weighted by Crippen LogP contribution is -2.32. The van der Waals surface area contributed by atoms with Gasteiger partial charge < -0.3 is 15.0 Å². The first-order chi connectivity index (χ1) is 10.9. The molecular weight excluding hydrogens is 339 g/mol. The molecule has 1 aliphatic heterocycles. The molecule has 1 aliphatic rings. The van der Waals surface area contributed by atoms with Gasteiger partial charge in [-0.2, -0.15) is 0 Å². The number of carbonyl (C=O) groups excluding carboxylic acids is 2. The molecule has 1 aromatic carbocycles. The van der Waals surface area contributed by atoms with Crippen molar-refractivity contribution < 1.29 is 14.3 Å². The van der Waals surface area contributed by atoms with Gasteiger partial charge in [0.15, 0.2) is 0 Å². The van der Waals surface area contributed by atoms with Crippen molar-refractivity contribution in [1.29, 1.82) is 0 Å². The van der Waals surface area contributed by atoms with E-state index >= 15 is 0 Å². The molecule has 5 nitrogen and oxygen atoms in total. The van der Waals surface area contributed by atoms with Crippen LogP contribution in [-0.2, 0) is 9.53 Å². The van der Waals surface area contributed by atoms with Gasteiger partial charge in [0.25, 0.3) is 5.91 Å². The third-order valence-corrected chi connectivity index (χ3v) is 4.74. The highest BCUT2D eigenvalue weighted by molar-refractivity contribution is 6.36. The summed E-state index contributed by atoms with van der Waals surface area (Å²) in [6, 6.07) is 3.20. The maximum Gasteiger partial charge on any atom is 0.251 e. The Hall–Kier alpha value is -1.30. The van der Waals surface area contributed by atoms with Crippen LogP contribution in [0, 0.1) is 12.8 Å². The van der Waals surface area contributed by atoms with Gasteiger partial charge in [0.05, 0.1) is 6.61 Å². The van der Waals surface area contributed by atoms with Gasteiger partial charge in [-0.15, -0.1) is 0 Å². The van der Waals surface area contributed by atoms with Gasteiger partial charge in [-0.3, -0.25) is 9.59 Å². The highest BCUT2D eigenvalue weighted by Crippen LogP contribution is 2.25. The lowest BCUT2D eigenvalue weighted by Gasteiger charge is -2.16. The molecule has 2 amide bonds. The normalized spacial score (nSPS) is 17.7. The van der Waals surface area contributed by atoms with Crippen LogP contribution in [0.25, 0.3) is 0 Å². The molecule has 0 spiro atoms. The van der Waals surface area contributed by atoms with Gasteiger partial charge in [-0.05, 0) is 24.6 Å². The molecule has 1 fully saturated rings. The van der Waals surface area contributed by atoms with Gasteiger partial charge in [0.2, 0.25) is 5.91 Å². The number of hydrogen-bond acceptors (Lipinski definition) is 3. The van der Waals surface area contributed by atoms with E-state index in [1.807, 2.05) is 0 Å². The Morgan fingerprint density at radius 2 is 2.04 bits per heavy atom. The Bertz CT molecular complexity index is 584. The van der Waals surface area contributed by atoms with Gasteiger partial charge >= 0.3 is 0 Å². The largest absolute Gasteiger partial charge is 0.383 e. The molecule has 7 heteroatoms. The molecule has 0 unspecified atom stereocenters. The maximum absolute atomic E-state index is 12.2. The molecule has 0 aromatic heterocycles. The molecular formula is C16H20Cl2N2O3. The predicted molar refractivity (Wildman–Crippen MR) is 90.1 cm³/mol. The van der Waals surface area contributed by atoms with Crippen molar-refractivity contribution in [2.75, 3.05) is 33.4 Å². The molecule has 0 aliphatic carbocycles. The second-order valence-corrected chi connectivity index (χ2v) is 6.49. The van der Waals surface area contributed by atoms with Crippen molar-refractivity contribution in [3.8, 4) is 0 Å². The Kier molecular flexibility index (Phi) is 6.27. The van der Waals surface area contributed by atoms with Crippen LogP contribution in [0.3, 0.4) is 0 Å². The van der Waals surface area contributed by atoms with Crippen molar-refractivity contribution >= 4 is 35.0 Å². The van der Waals surface area contributed by atoms with E-state index in [0.717, 1.165) is 5.56 Å². The molecule has 1 heterocycles. The number of nitrogens with zero attached hydrogens (tertiary/aromatic N) is 1. The van der Waals surface area contributed by atoms with Gasteiger partial charge in [-0.1, -0.05) is 23.2 Å². The van der Waals surface area contributed by atoms with Crippen molar-refractivity contribution in [3.63, 3.8) is 0 Å². The lowest BCUT2D eigenvalue weighted by atomic mass is 10.1. The summed E-state index contributed by atoms with van der Waals surface area (Å²) in [6.45, 7) is 3.98. The first-order valence-corrected chi connectivity index (χ1v) is 8.18. The number of likely N-dealkylation sites (tertiary alicyclic amines) is 1. The van der Waals surface area contributed by atoms with Gasteiger partial charge in [0.1, 0.15) is 0 Å². The number of amides is 2. The summed E-state index contributed by atoms with van der Waals surface area (Å²) < 4.78 is 4.99. The number of rotatable bonds is 6. The summed E-state index contributed by atoms with van der Waals surface area (Å²) in [6.07, 6.45) is 0.444. The summed E-state index contributed by atoms with van der Waals surface area (Å²) in [5, 5.41) is 3.77. The van der Waals surface area contributed by atoms with Crippen molar-refractivity contribution in [1.82, 2.24) is 10.2 Å². The molecule has 0 saturated carbocycles. The van der Waals surface area contributed by atoms with E-state index in [2.05, 4.69) is 5.32 Å². The molecule has 2 rings (SSSR count). The summed E-state index contributed by atoms with van der Waals surface area (Å²) in [5.74, 6) is -0.0287. The summed E-state index contributed by atoms with van der Waals surface area (Å²) in [7, 11) is 1.61. The fourth-order valence-electron chi connectivity index (χ4n) is 2.52. The van der Waals surface area contributed by atoms with Crippen LogP contribution < -0.4 is 5.32 Å². The van der Waals surface area contributed by atoms with E-state index in [1.54, 1.807) is 31.1 Å². The summed E-state index contributed by atoms with van der Waals surface area (Å²) in [4.78, 5) is 25.8. The fourth-order valence-corrected chi connectivity index (χ4v) is 3.01. The van der Waals surface area contributed by atoms with Crippen LogP contribution in [0.1, 0.15) is 22.3 Å². The minimum atomic E-state index is -0.239. The quantitative estimate of drug-likeness (QED) is 0.849. The second-order valence-electron chi connectivity index (χ2n) is 5.68. The summed E-state index contributed by atoms with van der Waals surface area (Å²) in [5.41, 5.74) is 1.17. The molecule has 0 bridgehead atoms. The van der Waals surface area contributed by atoms with Crippen LogP contribution in [0.2, 0.25) is 10.0 Å². The zero-order valence-corrected chi connectivity index (χ0v) is 14.7. The van der Waals surface area contributed by atoms with E-state index in [0.29, 0.717) is 48.3 Å². The Morgan fingerprint density at radius 1 is 1.39 bits per heavy atom. The highest BCUT2D eigenvalue weighted by Gasteiger charge is 2.29. The van der Waals surface area contributed by atoms with Crippen LogP contribution in [-0.4, -0.2) is 50.1 Å². The first kappa shape index (κ1) is 18.0. The zero-order chi connectivity index (χ0) is 17.0. The van der Waals surface area contributed by atoms with Crippen molar-refractivity contribution in [3.05, 3.63) is 33.3 Å². The average Bonchev–Trinajstić information content (AvgIpc) is 2.87. The molecule has 1 N–H and O–H groups in total. The molecule has 1 atom stereocenters. The zero-order valence-electron chi connectivity index (χ0n) is 13.2. The van der Waals surface area contributed by atoms with Crippen LogP contribution in [0.15, 0.2) is 12.1 Å². The highest BCUT2D eigenvalue weighted by atomic mass is 35.5. The fraction of sp³-hybridized carbons (Fsp3) is 0.500. The average molecular weight is 359 g/mol. The molecule has 0 radical (unpaired) electrons. The van der Waals surface area contributed by atoms with E-state index < -0.39 is 0 Å². The van der Waals surface area contributed by atoms with E-state index in [1.165, 1.54) is 0 Å². The minimum Gasteiger partial charge on any atom is -0.383 e. The van der Waals surface area contributed by atoms with Crippen LogP contribution in [0.4, 0.5) is 0 Å². The summed E-state index contributed by atoms with van der Waals surface area (Å²) >= 11 is 12.1. The van der Waals surface area contributed by atoms with Crippen molar-refractivity contribution in [2.24, 2.45) is 5.92 Å². The lowest BCUT2D eigenvalue weighted by molar-refractivity contribution is -0.128. The Morgan fingerprint density at radius 3 is 2.65 bits per heavy atom. The number of benzene rings is 1. The van der Waals surface area contributed by atoms with E-state index in [-0.39, 0.29) is 17.7 Å². The second kappa shape index (κ2) is 7.99. The van der Waals surface area contributed by atoms with Crippen LogP contribution in [0.5, 0.6) is 0 Å².